The van der Waals surface area contributed by atoms with Crippen molar-refractivity contribution in [1.29, 1.82) is 0 Å². The Hall–Kier alpha value is 0.0200. The first kappa shape index (κ1) is 9.11. The molecule has 0 aromatic heterocycles. The Morgan fingerprint density at radius 1 is 0.818 bits per heavy atom. The lowest BCUT2D eigenvalue weighted by molar-refractivity contribution is -0.00208. The summed E-state index contributed by atoms with van der Waals surface area (Å²) < 4.78 is 0. The molecular formula is C5Cl4N2. The topological polar surface area (TPSA) is 36.4 Å². The lowest BCUT2D eigenvalue weighted by Gasteiger charge is -1.83. The minimum absolute atomic E-state index is 0.00309. The Balaban J connectivity index is 3.38. The van der Waals surface area contributed by atoms with Crippen molar-refractivity contribution >= 4 is 52.1 Å². The van der Waals surface area contributed by atoms with E-state index in [4.69, 9.17) is 51.9 Å². The Morgan fingerprint density at radius 2 is 1.18 bits per heavy atom. The van der Waals surface area contributed by atoms with Gasteiger partial charge in [-0.1, -0.05) is 46.4 Å². The van der Waals surface area contributed by atoms with Gasteiger partial charge in [0.1, 0.15) is 0 Å². The molecule has 2 nitrogen and oxygen atoms in total. The summed E-state index contributed by atoms with van der Waals surface area (Å²) in [6, 6.07) is 0. The fourth-order valence-electron chi connectivity index (χ4n) is 0.585. The van der Waals surface area contributed by atoms with Crippen LogP contribution in [0.3, 0.4) is 0 Å². The molecule has 0 radical (unpaired) electrons. The lowest BCUT2D eigenvalue weighted by Crippen LogP contribution is -1.94. The van der Waals surface area contributed by atoms with Crippen molar-refractivity contribution in [2.45, 2.75) is 0 Å². The molecule has 0 heterocycles. The van der Waals surface area contributed by atoms with Gasteiger partial charge in [-0.25, -0.2) is 0 Å². The summed E-state index contributed by atoms with van der Waals surface area (Å²) in [5, 5.41) is 0.325. The summed E-state index contributed by atoms with van der Waals surface area (Å²) in [5.74, 6) is 0. The van der Waals surface area contributed by atoms with Crippen LogP contribution in [0, 0.1) is 0 Å². The Morgan fingerprint density at radius 3 is 1.36 bits per heavy atom. The smallest absolute Gasteiger partial charge is 0.355 e. The number of allylic oxidation sites excluding steroid dienone is 4. The third-order valence-corrected chi connectivity index (χ3v) is 2.88. The Bertz CT molecular complexity index is 295. The second-order valence-electron chi connectivity index (χ2n) is 1.70. The second-order valence-corrected chi connectivity index (χ2v) is 3.22. The fourth-order valence-corrected chi connectivity index (χ4v) is 1.55. The van der Waals surface area contributed by atoms with Crippen LogP contribution in [0.2, 0.25) is 0 Å². The minimum atomic E-state index is 0.00309. The third-order valence-electron chi connectivity index (χ3n) is 1.09. The molecule has 0 aromatic rings. The highest BCUT2D eigenvalue weighted by Crippen LogP contribution is 2.38. The van der Waals surface area contributed by atoms with Crippen LogP contribution in [-0.4, -0.2) is 10.5 Å². The van der Waals surface area contributed by atoms with Crippen molar-refractivity contribution in [2.75, 3.05) is 0 Å². The van der Waals surface area contributed by atoms with Gasteiger partial charge < -0.3 is 5.53 Å². The van der Waals surface area contributed by atoms with E-state index >= 15 is 0 Å². The summed E-state index contributed by atoms with van der Waals surface area (Å²) >= 11 is 22.3. The molecule has 1 aliphatic rings. The summed E-state index contributed by atoms with van der Waals surface area (Å²) in [6.45, 7) is 0. The molecular weight excluding hydrogens is 230 g/mol. The highest BCUT2D eigenvalue weighted by atomic mass is 35.5. The van der Waals surface area contributed by atoms with Crippen molar-refractivity contribution in [3.63, 3.8) is 0 Å². The van der Waals surface area contributed by atoms with Crippen molar-refractivity contribution < 1.29 is 4.79 Å². The van der Waals surface area contributed by atoms with E-state index in [1.807, 2.05) is 0 Å². The van der Waals surface area contributed by atoms with Gasteiger partial charge in [0.05, 0.1) is 10.1 Å². The van der Waals surface area contributed by atoms with Gasteiger partial charge in [-0.05, 0) is 0 Å². The molecule has 0 saturated heterocycles. The standard InChI is InChI=1S/C5Cl4N2/c6-1-2(7)4(9)5(11-10)3(1)8. The SMILES string of the molecule is [N-]=[N+]=C1C(Cl)=C(Cl)C(Cl)=C1Cl. The zero-order chi connectivity index (χ0) is 8.59. The Kier molecular flexibility index (Phi) is 2.63. The monoisotopic (exact) mass is 228 g/mol. The van der Waals surface area contributed by atoms with Crippen LogP contribution in [0.4, 0.5) is 0 Å². The maximum Gasteiger partial charge on any atom is 0.355 e. The van der Waals surface area contributed by atoms with Crippen molar-refractivity contribution in [3.8, 4) is 0 Å². The second kappa shape index (κ2) is 3.18. The number of hydrogen-bond donors (Lipinski definition) is 0. The average Bonchev–Trinajstić information content (AvgIpc) is 2.17. The maximum atomic E-state index is 8.38. The molecule has 1 rings (SSSR count). The third kappa shape index (κ3) is 1.33. The highest BCUT2D eigenvalue weighted by Gasteiger charge is 2.33. The van der Waals surface area contributed by atoms with Gasteiger partial charge in [-0.3, -0.25) is 0 Å². The maximum absolute atomic E-state index is 8.38. The fraction of sp³-hybridized carbons (Fsp3) is 0. The molecule has 0 unspecified atom stereocenters. The zero-order valence-electron chi connectivity index (χ0n) is 4.91. The van der Waals surface area contributed by atoms with Gasteiger partial charge in [0, 0.05) is 0 Å². The molecule has 1 aliphatic carbocycles. The van der Waals surface area contributed by atoms with Gasteiger partial charge in [0.15, 0.2) is 10.1 Å². The molecule has 0 spiro atoms. The number of hydrogen-bond acceptors (Lipinski definition) is 0. The normalized spacial score (nSPS) is 18.0. The quantitative estimate of drug-likeness (QED) is 0.452. The van der Waals surface area contributed by atoms with Gasteiger partial charge in [-0.2, -0.15) is 4.79 Å². The first-order valence-electron chi connectivity index (χ1n) is 2.43. The van der Waals surface area contributed by atoms with E-state index in [1.165, 1.54) is 0 Å². The highest BCUT2D eigenvalue weighted by molar-refractivity contribution is 6.65. The average molecular weight is 230 g/mol. The van der Waals surface area contributed by atoms with Crippen LogP contribution >= 0.6 is 46.4 Å². The van der Waals surface area contributed by atoms with Crippen molar-refractivity contribution in [2.24, 2.45) is 0 Å². The molecule has 0 saturated carbocycles. The van der Waals surface area contributed by atoms with Crippen LogP contribution < -0.4 is 0 Å². The van der Waals surface area contributed by atoms with Crippen LogP contribution in [0.1, 0.15) is 0 Å². The van der Waals surface area contributed by atoms with Crippen LogP contribution in [0.25, 0.3) is 5.53 Å². The summed E-state index contributed by atoms with van der Waals surface area (Å²) in [5.41, 5.74) is 8.38. The van der Waals surface area contributed by atoms with Crippen molar-refractivity contribution in [1.82, 2.24) is 0 Å². The number of halogens is 4. The van der Waals surface area contributed by atoms with E-state index < -0.39 is 0 Å². The van der Waals surface area contributed by atoms with Gasteiger partial charge in [0.25, 0.3) is 0 Å². The van der Waals surface area contributed by atoms with Crippen LogP contribution in [-0.2, 0) is 0 Å². The van der Waals surface area contributed by atoms with E-state index in [0.717, 1.165) is 0 Å². The summed E-state index contributed by atoms with van der Waals surface area (Å²) in [6.07, 6.45) is 0. The van der Waals surface area contributed by atoms with E-state index in [-0.39, 0.29) is 25.8 Å². The number of rotatable bonds is 0. The lowest BCUT2D eigenvalue weighted by atomic mass is 10.4. The van der Waals surface area contributed by atoms with Crippen molar-refractivity contribution in [3.05, 3.63) is 25.7 Å². The molecule has 0 atom stereocenters. The molecule has 0 bridgehead atoms. The van der Waals surface area contributed by atoms with Gasteiger partial charge >= 0.3 is 5.71 Å². The predicted molar refractivity (Wildman–Crippen MR) is 46.1 cm³/mol. The van der Waals surface area contributed by atoms with E-state index in [9.17, 15) is 0 Å². The summed E-state index contributed by atoms with van der Waals surface area (Å²) in [4.78, 5) is 2.82. The molecule has 0 fully saturated rings. The molecule has 0 amide bonds. The molecule has 0 aliphatic heterocycles. The first-order chi connectivity index (χ1) is 5.09. The zero-order valence-corrected chi connectivity index (χ0v) is 7.93. The van der Waals surface area contributed by atoms with Gasteiger partial charge in [0.2, 0.25) is 0 Å². The predicted octanol–water partition coefficient (Wildman–Crippen LogP) is 3.05. The van der Waals surface area contributed by atoms with E-state index in [2.05, 4.69) is 4.79 Å². The molecule has 0 aromatic carbocycles. The minimum Gasteiger partial charge on any atom is -0.361 e. The largest absolute Gasteiger partial charge is 0.361 e. The van der Waals surface area contributed by atoms with Gasteiger partial charge in [-0.15, -0.1) is 0 Å². The summed E-state index contributed by atoms with van der Waals surface area (Å²) in [7, 11) is 0. The number of nitrogens with zero attached hydrogens (tertiary/aromatic N) is 2. The van der Waals surface area contributed by atoms with E-state index in [0.29, 0.717) is 0 Å². The molecule has 58 valence electrons. The Labute approximate surface area is 82.6 Å². The van der Waals surface area contributed by atoms with E-state index in [1.54, 1.807) is 0 Å². The molecule has 6 heteroatoms. The first-order valence-corrected chi connectivity index (χ1v) is 3.94. The molecule has 0 N–H and O–H groups in total. The van der Waals surface area contributed by atoms with Crippen LogP contribution in [0.15, 0.2) is 20.1 Å². The van der Waals surface area contributed by atoms with Crippen LogP contribution in [0.5, 0.6) is 0 Å². The molecule has 11 heavy (non-hydrogen) atoms.